The molecule has 0 unspecified atom stereocenters. The van der Waals surface area contributed by atoms with E-state index in [9.17, 15) is 8.42 Å². The Morgan fingerprint density at radius 3 is 2.71 bits per heavy atom. The standard InChI is InChI=1S/C11H15BrN2O2S/c1-14(7-8-2-3-8)17(15,16)11-6-9(13)4-5-10(11)12/h4-6,8H,2-3,7,13H2,1H3. The molecule has 1 saturated carbocycles. The van der Waals surface area contributed by atoms with Crippen molar-refractivity contribution >= 4 is 31.6 Å². The van der Waals surface area contributed by atoms with Gasteiger partial charge in [0.2, 0.25) is 10.0 Å². The van der Waals surface area contributed by atoms with Crippen molar-refractivity contribution in [2.45, 2.75) is 17.7 Å². The fourth-order valence-corrected chi connectivity index (χ4v) is 3.85. The van der Waals surface area contributed by atoms with Crippen LogP contribution in [0.25, 0.3) is 0 Å². The fourth-order valence-electron chi connectivity index (χ4n) is 1.65. The van der Waals surface area contributed by atoms with Crippen molar-refractivity contribution in [3.05, 3.63) is 22.7 Å². The highest BCUT2D eigenvalue weighted by Crippen LogP contribution is 2.32. The molecule has 0 bridgehead atoms. The average Bonchev–Trinajstić information content (AvgIpc) is 3.05. The number of anilines is 1. The van der Waals surface area contributed by atoms with Crippen molar-refractivity contribution in [2.75, 3.05) is 19.3 Å². The monoisotopic (exact) mass is 318 g/mol. The molecule has 0 heterocycles. The van der Waals surface area contributed by atoms with Crippen molar-refractivity contribution in [3.8, 4) is 0 Å². The van der Waals surface area contributed by atoms with Gasteiger partial charge in [-0.2, -0.15) is 0 Å². The van der Waals surface area contributed by atoms with Crippen molar-refractivity contribution in [3.63, 3.8) is 0 Å². The second-order valence-electron chi connectivity index (χ2n) is 4.42. The van der Waals surface area contributed by atoms with Gasteiger partial charge in [-0.25, -0.2) is 12.7 Å². The second kappa shape index (κ2) is 4.59. The molecule has 0 radical (unpaired) electrons. The van der Waals surface area contributed by atoms with E-state index in [2.05, 4.69) is 15.9 Å². The second-order valence-corrected chi connectivity index (χ2v) is 7.29. The molecule has 1 aromatic rings. The Kier molecular flexibility index (Phi) is 3.47. The Bertz CT molecular complexity index is 526. The van der Waals surface area contributed by atoms with Gasteiger partial charge in [0.05, 0.1) is 4.90 Å². The highest BCUT2D eigenvalue weighted by atomic mass is 79.9. The zero-order valence-electron chi connectivity index (χ0n) is 9.56. The van der Waals surface area contributed by atoms with E-state index >= 15 is 0 Å². The molecular formula is C11H15BrN2O2S. The van der Waals surface area contributed by atoms with E-state index in [0.717, 1.165) is 12.8 Å². The van der Waals surface area contributed by atoms with E-state index < -0.39 is 10.0 Å². The fraction of sp³-hybridized carbons (Fsp3) is 0.455. The van der Waals surface area contributed by atoms with Gasteiger partial charge in [-0.3, -0.25) is 0 Å². The van der Waals surface area contributed by atoms with Crippen LogP contribution < -0.4 is 5.73 Å². The number of halogens is 1. The molecule has 0 aliphatic heterocycles. The summed E-state index contributed by atoms with van der Waals surface area (Å²) in [7, 11) is -1.83. The maximum absolute atomic E-state index is 12.3. The third-order valence-corrected chi connectivity index (χ3v) is 5.67. The maximum Gasteiger partial charge on any atom is 0.244 e. The Labute approximate surface area is 110 Å². The first kappa shape index (κ1) is 12.9. The minimum atomic E-state index is -3.44. The van der Waals surface area contributed by atoms with Crippen molar-refractivity contribution in [1.82, 2.24) is 4.31 Å². The van der Waals surface area contributed by atoms with E-state index in [0.29, 0.717) is 22.6 Å². The lowest BCUT2D eigenvalue weighted by Crippen LogP contribution is -2.29. The first-order valence-electron chi connectivity index (χ1n) is 5.42. The van der Waals surface area contributed by atoms with E-state index in [1.807, 2.05) is 0 Å². The topological polar surface area (TPSA) is 63.4 Å². The highest BCUT2D eigenvalue weighted by Gasteiger charge is 2.30. The average molecular weight is 319 g/mol. The molecule has 1 fully saturated rings. The lowest BCUT2D eigenvalue weighted by Gasteiger charge is -2.18. The van der Waals surface area contributed by atoms with Gasteiger partial charge in [0.15, 0.2) is 0 Å². The highest BCUT2D eigenvalue weighted by molar-refractivity contribution is 9.10. The maximum atomic E-state index is 12.3. The van der Waals surface area contributed by atoms with Gasteiger partial charge in [0, 0.05) is 23.8 Å². The van der Waals surface area contributed by atoms with Crippen molar-refractivity contribution in [1.29, 1.82) is 0 Å². The molecule has 0 saturated heterocycles. The van der Waals surface area contributed by atoms with Crippen LogP contribution in [0, 0.1) is 5.92 Å². The first-order chi connectivity index (χ1) is 7.91. The smallest absolute Gasteiger partial charge is 0.244 e. The van der Waals surface area contributed by atoms with Crippen LogP contribution in [0.4, 0.5) is 5.69 Å². The van der Waals surface area contributed by atoms with Crippen LogP contribution in [-0.4, -0.2) is 26.3 Å². The molecule has 1 aliphatic rings. The van der Waals surface area contributed by atoms with Gasteiger partial charge in [-0.1, -0.05) is 0 Å². The lowest BCUT2D eigenvalue weighted by atomic mass is 10.3. The number of sulfonamides is 1. The predicted molar refractivity (Wildman–Crippen MR) is 71.1 cm³/mol. The number of nitrogens with zero attached hydrogens (tertiary/aromatic N) is 1. The largest absolute Gasteiger partial charge is 0.399 e. The molecule has 0 aromatic heterocycles. The quantitative estimate of drug-likeness (QED) is 0.864. The van der Waals surface area contributed by atoms with Crippen LogP contribution in [0.2, 0.25) is 0 Å². The van der Waals surface area contributed by atoms with Crippen molar-refractivity contribution in [2.24, 2.45) is 5.92 Å². The summed E-state index contributed by atoms with van der Waals surface area (Å²) in [5.74, 6) is 0.523. The summed E-state index contributed by atoms with van der Waals surface area (Å²) >= 11 is 3.26. The molecule has 6 heteroatoms. The van der Waals surface area contributed by atoms with E-state index in [1.54, 1.807) is 19.2 Å². The zero-order chi connectivity index (χ0) is 12.6. The summed E-state index contributed by atoms with van der Waals surface area (Å²) in [5, 5.41) is 0. The Morgan fingerprint density at radius 2 is 2.12 bits per heavy atom. The third kappa shape index (κ3) is 2.81. The molecule has 0 amide bonds. The van der Waals surface area contributed by atoms with Crippen LogP contribution >= 0.6 is 15.9 Å². The molecule has 94 valence electrons. The van der Waals surface area contributed by atoms with Gasteiger partial charge >= 0.3 is 0 Å². The summed E-state index contributed by atoms with van der Waals surface area (Å²) in [6.07, 6.45) is 2.25. The molecule has 0 atom stereocenters. The Hall–Kier alpha value is -0.590. The minimum absolute atomic E-state index is 0.237. The Morgan fingerprint density at radius 1 is 1.47 bits per heavy atom. The normalized spacial score (nSPS) is 16.4. The molecule has 2 rings (SSSR count). The molecule has 1 aliphatic carbocycles. The number of hydrogen-bond donors (Lipinski definition) is 1. The third-order valence-electron chi connectivity index (χ3n) is 2.86. The first-order valence-corrected chi connectivity index (χ1v) is 7.66. The number of nitrogens with two attached hydrogens (primary N) is 1. The van der Waals surface area contributed by atoms with Gasteiger partial charge in [0.25, 0.3) is 0 Å². The summed E-state index contributed by atoms with van der Waals surface area (Å²) in [6, 6.07) is 4.82. The van der Waals surface area contributed by atoms with Crippen molar-refractivity contribution < 1.29 is 8.42 Å². The molecule has 1 aromatic carbocycles. The number of rotatable bonds is 4. The van der Waals surface area contributed by atoms with Crippen LogP contribution in [0.1, 0.15) is 12.8 Å². The van der Waals surface area contributed by atoms with Gasteiger partial charge < -0.3 is 5.73 Å². The summed E-state index contributed by atoms with van der Waals surface area (Å²) in [4.78, 5) is 0.237. The molecule has 0 spiro atoms. The van der Waals surface area contributed by atoms with Crippen LogP contribution in [-0.2, 0) is 10.0 Å². The van der Waals surface area contributed by atoms with Gasteiger partial charge in [-0.05, 0) is 52.9 Å². The zero-order valence-corrected chi connectivity index (χ0v) is 12.0. The van der Waals surface area contributed by atoms with Crippen LogP contribution in [0.3, 0.4) is 0 Å². The van der Waals surface area contributed by atoms with Crippen LogP contribution in [0.15, 0.2) is 27.6 Å². The van der Waals surface area contributed by atoms with E-state index in [1.165, 1.54) is 10.4 Å². The van der Waals surface area contributed by atoms with Gasteiger partial charge in [-0.15, -0.1) is 0 Å². The number of benzene rings is 1. The van der Waals surface area contributed by atoms with Crippen LogP contribution in [0.5, 0.6) is 0 Å². The lowest BCUT2D eigenvalue weighted by molar-refractivity contribution is 0.452. The van der Waals surface area contributed by atoms with E-state index in [-0.39, 0.29) is 4.90 Å². The summed E-state index contributed by atoms with van der Waals surface area (Å²) in [6.45, 7) is 0.587. The number of nitrogen functional groups attached to an aromatic ring is 1. The SMILES string of the molecule is CN(CC1CC1)S(=O)(=O)c1cc(N)ccc1Br. The van der Waals surface area contributed by atoms with Gasteiger partial charge in [0.1, 0.15) is 0 Å². The van der Waals surface area contributed by atoms with E-state index in [4.69, 9.17) is 5.73 Å². The molecule has 2 N–H and O–H groups in total. The molecule has 4 nitrogen and oxygen atoms in total. The minimum Gasteiger partial charge on any atom is -0.399 e. The number of hydrogen-bond acceptors (Lipinski definition) is 3. The molecular weight excluding hydrogens is 304 g/mol. The molecule has 17 heavy (non-hydrogen) atoms. The summed E-state index contributed by atoms with van der Waals surface area (Å²) < 4.78 is 26.6. The summed E-state index contributed by atoms with van der Waals surface area (Å²) in [5.41, 5.74) is 6.08. The Balaban J connectivity index is 2.32. The predicted octanol–water partition coefficient (Wildman–Crippen LogP) is 2.06.